The molecule has 0 aromatic rings. The molecule has 0 fully saturated rings. The van der Waals surface area contributed by atoms with Gasteiger partial charge in [0.2, 0.25) is 0 Å². The Morgan fingerprint density at radius 3 is 0.797 bits per heavy atom. The second-order valence-corrected chi connectivity index (χ2v) is 20.9. The molecule has 0 saturated carbocycles. The first kappa shape index (κ1) is 74.3. The van der Waals surface area contributed by atoms with Crippen molar-refractivity contribution in [2.24, 2.45) is 0 Å². The van der Waals surface area contributed by atoms with Crippen molar-refractivity contribution in [3.63, 3.8) is 0 Å². The van der Waals surface area contributed by atoms with E-state index in [1.807, 2.05) is 0 Å². The fourth-order valence-electron chi connectivity index (χ4n) is 8.53. The molecule has 0 radical (unpaired) electrons. The predicted octanol–water partition coefficient (Wildman–Crippen LogP) is 22.3. The van der Waals surface area contributed by atoms with Crippen molar-refractivity contribution >= 4 is 17.9 Å². The van der Waals surface area contributed by atoms with Gasteiger partial charge < -0.3 is 14.2 Å². The third-order valence-electron chi connectivity index (χ3n) is 13.3. The normalized spacial score (nSPS) is 13.1. The summed E-state index contributed by atoms with van der Waals surface area (Å²) < 4.78 is 16.9. The summed E-state index contributed by atoms with van der Waals surface area (Å²) in [6, 6.07) is 0. The molecule has 0 heterocycles. The lowest BCUT2D eigenvalue weighted by Gasteiger charge is -2.18. The smallest absolute Gasteiger partial charge is 0.306 e. The van der Waals surface area contributed by atoms with Crippen molar-refractivity contribution in [3.8, 4) is 0 Å². The van der Waals surface area contributed by atoms with E-state index in [-0.39, 0.29) is 37.5 Å². The first-order valence-corrected chi connectivity index (χ1v) is 32.3. The summed E-state index contributed by atoms with van der Waals surface area (Å²) in [5.41, 5.74) is 0. The van der Waals surface area contributed by atoms with Gasteiger partial charge in [-0.15, -0.1) is 0 Å². The number of carbonyl (C=O) groups is 3. The average molecular weight is 1090 g/mol. The molecule has 0 amide bonds. The lowest BCUT2D eigenvalue weighted by Crippen LogP contribution is -2.30. The van der Waals surface area contributed by atoms with Crippen LogP contribution in [0.3, 0.4) is 0 Å². The maximum atomic E-state index is 12.9. The third kappa shape index (κ3) is 64.0. The molecule has 1 atom stereocenters. The topological polar surface area (TPSA) is 78.9 Å². The van der Waals surface area contributed by atoms with E-state index in [4.69, 9.17) is 14.2 Å². The van der Waals surface area contributed by atoms with Crippen molar-refractivity contribution in [2.45, 2.75) is 284 Å². The molecule has 6 nitrogen and oxygen atoms in total. The summed E-state index contributed by atoms with van der Waals surface area (Å²) >= 11 is 0. The second kappa shape index (κ2) is 65.8. The summed E-state index contributed by atoms with van der Waals surface area (Å²) in [7, 11) is 0. The number of hydrogen-bond acceptors (Lipinski definition) is 6. The standard InChI is InChI=1S/C73H118O6/c1-4-7-10-13-16-19-22-25-28-31-33-35-36-38-39-42-45-48-51-54-57-60-63-66-72(75)78-69-70(68-77-71(74)65-62-59-56-53-50-47-44-41-30-27-24-21-18-15-12-9-6-3)79-73(76)67-64-61-58-55-52-49-46-43-40-37-34-32-29-26-23-20-17-14-11-8-5-2/h7-8,10-11,16-21,25-30,33-35,37,43,46,52,55,70H,4-6,9,12-15,22-24,31-32,36,38-42,44-45,47-51,53-54,56-69H2,1-3H3/b10-7-,11-8-,19-16-,20-17-,21-18-,28-25-,29-26-,30-27-,35-33-,37-34-,46-43-,55-52-. The van der Waals surface area contributed by atoms with E-state index >= 15 is 0 Å². The number of ether oxygens (including phenoxy) is 3. The van der Waals surface area contributed by atoms with E-state index in [1.54, 1.807) is 0 Å². The Bertz CT molecular complexity index is 1730. The van der Waals surface area contributed by atoms with Crippen LogP contribution in [0.25, 0.3) is 0 Å². The quantitative estimate of drug-likeness (QED) is 0.0261. The van der Waals surface area contributed by atoms with Crippen LogP contribution >= 0.6 is 0 Å². The van der Waals surface area contributed by atoms with Crippen LogP contribution in [-0.4, -0.2) is 37.2 Å². The second-order valence-electron chi connectivity index (χ2n) is 20.9. The lowest BCUT2D eigenvalue weighted by atomic mass is 10.1. The molecule has 79 heavy (non-hydrogen) atoms. The molecular weight excluding hydrogens is 973 g/mol. The highest BCUT2D eigenvalue weighted by atomic mass is 16.6. The fourth-order valence-corrected chi connectivity index (χ4v) is 8.53. The van der Waals surface area contributed by atoms with Crippen LogP contribution < -0.4 is 0 Å². The molecule has 1 unspecified atom stereocenters. The third-order valence-corrected chi connectivity index (χ3v) is 13.3. The van der Waals surface area contributed by atoms with E-state index in [1.165, 1.54) is 103 Å². The molecule has 446 valence electrons. The summed E-state index contributed by atoms with van der Waals surface area (Å²) in [6.07, 6.45) is 94.2. The van der Waals surface area contributed by atoms with Gasteiger partial charge in [0.15, 0.2) is 6.10 Å². The molecule has 6 heteroatoms. The Labute approximate surface area is 487 Å². The molecule has 0 aliphatic carbocycles. The molecule has 0 bridgehead atoms. The van der Waals surface area contributed by atoms with Gasteiger partial charge in [-0.2, -0.15) is 0 Å². The Kier molecular flexibility index (Phi) is 61.9. The Balaban J connectivity index is 4.49. The number of unbranched alkanes of at least 4 members (excludes halogenated alkanes) is 22. The van der Waals surface area contributed by atoms with E-state index in [9.17, 15) is 14.4 Å². The Hall–Kier alpha value is -4.71. The van der Waals surface area contributed by atoms with Crippen molar-refractivity contribution in [3.05, 3.63) is 146 Å². The zero-order valence-electron chi connectivity index (χ0n) is 51.1. The lowest BCUT2D eigenvalue weighted by molar-refractivity contribution is -0.167. The minimum atomic E-state index is -0.814. The maximum absolute atomic E-state index is 12.9. The van der Waals surface area contributed by atoms with Gasteiger partial charge in [-0.3, -0.25) is 14.4 Å². The highest BCUT2D eigenvalue weighted by Crippen LogP contribution is 2.15. The van der Waals surface area contributed by atoms with Gasteiger partial charge in [0.1, 0.15) is 13.2 Å². The van der Waals surface area contributed by atoms with Gasteiger partial charge in [-0.1, -0.05) is 263 Å². The van der Waals surface area contributed by atoms with Crippen LogP contribution in [0, 0.1) is 0 Å². The van der Waals surface area contributed by atoms with Crippen molar-refractivity contribution in [1.82, 2.24) is 0 Å². The van der Waals surface area contributed by atoms with E-state index in [0.29, 0.717) is 19.3 Å². The van der Waals surface area contributed by atoms with Crippen LogP contribution in [0.2, 0.25) is 0 Å². The molecule has 0 aromatic carbocycles. The first-order valence-electron chi connectivity index (χ1n) is 32.3. The minimum absolute atomic E-state index is 0.105. The van der Waals surface area contributed by atoms with Crippen LogP contribution in [0.1, 0.15) is 278 Å². The maximum Gasteiger partial charge on any atom is 0.306 e. The number of hydrogen-bond donors (Lipinski definition) is 0. The number of allylic oxidation sites excluding steroid dienone is 24. The molecule has 0 saturated heterocycles. The van der Waals surface area contributed by atoms with Crippen LogP contribution in [0.4, 0.5) is 0 Å². The van der Waals surface area contributed by atoms with E-state index in [2.05, 4.69) is 167 Å². The Morgan fingerprint density at radius 1 is 0.266 bits per heavy atom. The summed E-state index contributed by atoms with van der Waals surface area (Å²) in [6.45, 7) is 6.35. The monoisotopic (exact) mass is 1090 g/mol. The van der Waals surface area contributed by atoms with E-state index in [0.717, 1.165) is 128 Å². The molecule has 0 aromatic heterocycles. The minimum Gasteiger partial charge on any atom is -0.462 e. The summed E-state index contributed by atoms with van der Waals surface area (Å²) in [5.74, 6) is -0.960. The van der Waals surface area contributed by atoms with E-state index < -0.39 is 6.10 Å². The number of rotatable bonds is 57. The molecule has 0 spiro atoms. The molecule has 0 aliphatic rings. The highest BCUT2D eigenvalue weighted by molar-refractivity contribution is 5.71. The largest absolute Gasteiger partial charge is 0.462 e. The van der Waals surface area contributed by atoms with Gasteiger partial charge in [-0.05, 0) is 141 Å². The van der Waals surface area contributed by atoms with Crippen LogP contribution in [0.15, 0.2) is 146 Å². The zero-order chi connectivity index (χ0) is 57.1. The van der Waals surface area contributed by atoms with Gasteiger partial charge in [-0.25, -0.2) is 0 Å². The zero-order valence-corrected chi connectivity index (χ0v) is 51.1. The summed E-state index contributed by atoms with van der Waals surface area (Å²) in [5, 5.41) is 0. The first-order chi connectivity index (χ1) is 39.0. The van der Waals surface area contributed by atoms with Crippen LogP contribution in [-0.2, 0) is 28.6 Å². The number of esters is 3. The van der Waals surface area contributed by atoms with Gasteiger partial charge in [0, 0.05) is 19.3 Å². The molecular formula is C73H118O6. The predicted molar refractivity (Wildman–Crippen MR) is 343 cm³/mol. The molecule has 0 aliphatic heterocycles. The van der Waals surface area contributed by atoms with Gasteiger partial charge >= 0.3 is 17.9 Å². The number of carbonyl (C=O) groups excluding carboxylic acids is 3. The highest BCUT2D eigenvalue weighted by Gasteiger charge is 2.19. The SMILES string of the molecule is CC/C=C\C/C=C\C/C=C\C/C=C\C/C=C\C/C=C\CCCCC(=O)OC(COC(=O)CCCCCCCCC/C=C\C/C=C\CCCCC)COC(=O)CCCCCCCCCCCC/C=C\C/C=C\C/C=C\C/C=C\CC. The van der Waals surface area contributed by atoms with Crippen LogP contribution in [0.5, 0.6) is 0 Å². The Morgan fingerprint density at radius 2 is 0.494 bits per heavy atom. The van der Waals surface area contributed by atoms with Crippen molar-refractivity contribution in [2.75, 3.05) is 13.2 Å². The molecule has 0 rings (SSSR count). The average Bonchev–Trinajstić information content (AvgIpc) is 3.45. The van der Waals surface area contributed by atoms with Crippen molar-refractivity contribution in [1.29, 1.82) is 0 Å². The molecule has 0 N–H and O–H groups in total. The van der Waals surface area contributed by atoms with Gasteiger partial charge in [0.05, 0.1) is 0 Å². The fraction of sp³-hybridized carbons (Fsp3) is 0.630. The van der Waals surface area contributed by atoms with Crippen molar-refractivity contribution < 1.29 is 28.6 Å². The summed E-state index contributed by atoms with van der Waals surface area (Å²) in [4.78, 5) is 38.4. The van der Waals surface area contributed by atoms with Gasteiger partial charge in [0.25, 0.3) is 0 Å².